The molecule has 1 aromatic rings. The van der Waals surface area contributed by atoms with Crippen LogP contribution in [0.2, 0.25) is 0 Å². The molecule has 0 aliphatic carbocycles. The van der Waals surface area contributed by atoms with Crippen molar-refractivity contribution in [3.05, 3.63) is 24.3 Å². The Kier molecular flexibility index (Phi) is 4.34. The van der Waals surface area contributed by atoms with Gasteiger partial charge in [-0.2, -0.15) is 0 Å². The van der Waals surface area contributed by atoms with E-state index in [1.165, 1.54) is 38.5 Å². The highest BCUT2D eigenvalue weighted by Gasteiger charge is 2.45. The lowest BCUT2D eigenvalue weighted by Gasteiger charge is -2.34. The molecule has 3 heteroatoms. The van der Waals surface area contributed by atoms with Crippen molar-refractivity contribution in [2.45, 2.75) is 53.9 Å². The summed E-state index contributed by atoms with van der Waals surface area (Å²) in [5.74, 6) is 0.913. The number of benzene rings is 1. The van der Waals surface area contributed by atoms with Crippen LogP contribution in [0.25, 0.3) is 0 Å². The number of ether oxygens (including phenoxy) is 2. The summed E-state index contributed by atoms with van der Waals surface area (Å²) < 4.78 is 10.4. The summed E-state index contributed by atoms with van der Waals surface area (Å²) in [7, 11) is 2.15. The van der Waals surface area contributed by atoms with E-state index in [9.17, 15) is 0 Å². The van der Waals surface area contributed by atoms with Gasteiger partial charge in [-0.15, -0.1) is 0 Å². The SMILES string of the molecule is COCOc1ccc([S+]2C3CCCC2CCC3)cc1. The summed E-state index contributed by atoms with van der Waals surface area (Å²) in [5.41, 5.74) is 0. The molecule has 2 saturated heterocycles. The molecule has 0 amide bonds. The predicted octanol–water partition coefficient (Wildman–Crippen LogP) is 3.75. The lowest BCUT2D eigenvalue weighted by molar-refractivity contribution is 0.0511. The van der Waals surface area contributed by atoms with Crippen molar-refractivity contribution in [1.29, 1.82) is 0 Å². The Labute approximate surface area is 118 Å². The monoisotopic (exact) mass is 279 g/mol. The third-order valence-corrected chi connectivity index (χ3v) is 7.46. The third kappa shape index (κ3) is 2.92. The fourth-order valence-electron chi connectivity index (χ4n) is 3.42. The second-order valence-corrected chi connectivity index (χ2v) is 8.05. The Hall–Kier alpha value is -0.670. The van der Waals surface area contributed by atoms with Gasteiger partial charge in [0.25, 0.3) is 0 Å². The standard InChI is InChI=1S/C16H23O2S/c1-17-12-18-13-8-10-16(11-9-13)19-14-4-2-5-15(19)7-3-6-14/h8-11,14-15H,2-7,12H2,1H3/q+1. The normalized spacial score (nSPS) is 30.1. The molecule has 2 bridgehead atoms. The molecule has 0 aromatic heterocycles. The Bertz CT molecular complexity index is 382. The smallest absolute Gasteiger partial charge is 0.188 e. The van der Waals surface area contributed by atoms with Gasteiger partial charge >= 0.3 is 0 Å². The van der Waals surface area contributed by atoms with Crippen LogP contribution in [-0.2, 0) is 15.6 Å². The molecule has 104 valence electrons. The molecule has 3 rings (SSSR count). The van der Waals surface area contributed by atoms with Gasteiger partial charge in [0.1, 0.15) is 16.2 Å². The number of hydrogen-bond acceptors (Lipinski definition) is 2. The van der Waals surface area contributed by atoms with Gasteiger partial charge in [0.15, 0.2) is 11.7 Å². The van der Waals surface area contributed by atoms with E-state index in [2.05, 4.69) is 24.3 Å². The first-order chi connectivity index (χ1) is 9.38. The van der Waals surface area contributed by atoms with Crippen molar-refractivity contribution in [3.8, 4) is 5.75 Å². The highest BCUT2D eigenvalue weighted by Crippen LogP contribution is 2.42. The lowest BCUT2D eigenvalue weighted by Crippen LogP contribution is -2.40. The molecule has 0 saturated carbocycles. The van der Waals surface area contributed by atoms with Crippen LogP contribution >= 0.6 is 0 Å². The topological polar surface area (TPSA) is 18.5 Å². The van der Waals surface area contributed by atoms with Crippen LogP contribution in [0.15, 0.2) is 29.2 Å². The van der Waals surface area contributed by atoms with Gasteiger partial charge in [-0.25, -0.2) is 0 Å². The van der Waals surface area contributed by atoms with Gasteiger partial charge in [-0.05, 0) is 62.8 Å². The number of fused-ring (bicyclic) bond motifs is 2. The molecule has 2 fully saturated rings. The van der Waals surface area contributed by atoms with Crippen molar-refractivity contribution in [2.75, 3.05) is 13.9 Å². The van der Waals surface area contributed by atoms with Crippen LogP contribution in [0, 0.1) is 0 Å². The van der Waals surface area contributed by atoms with Gasteiger partial charge < -0.3 is 9.47 Å². The molecule has 1 aromatic carbocycles. The van der Waals surface area contributed by atoms with Crippen LogP contribution in [0.4, 0.5) is 0 Å². The van der Waals surface area contributed by atoms with Crippen molar-refractivity contribution in [3.63, 3.8) is 0 Å². The lowest BCUT2D eigenvalue weighted by atomic mass is 9.99. The Morgan fingerprint density at radius 2 is 1.58 bits per heavy atom. The minimum atomic E-state index is 0.330. The van der Waals surface area contributed by atoms with Crippen LogP contribution in [0.5, 0.6) is 5.75 Å². The van der Waals surface area contributed by atoms with Crippen LogP contribution in [0.1, 0.15) is 38.5 Å². The average Bonchev–Trinajstić information content (AvgIpc) is 2.45. The van der Waals surface area contributed by atoms with E-state index in [-0.39, 0.29) is 0 Å². The first-order valence-electron chi connectivity index (χ1n) is 7.32. The molecular formula is C16H23O2S+. The van der Waals surface area contributed by atoms with E-state index >= 15 is 0 Å². The second-order valence-electron chi connectivity index (χ2n) is 5.50. The van der Waals surface area contributed by atoms with E-state index in [1.807, 2.05) is 0 Å². The summed E-state index contributed by atoms with van der Waals surface area (Å²) >= 11 is 0. The predicted molar refractivity (Wildman–Crippen MR) is 79.9 cm³/mol. The summed E-state index contributed by atoms with van der Waals surface area (Å²) in [6.45, 7) is 0.330. The largest absolute Gasteiger partial charge is 0.468 e. The Morgan fingerprint density at radius 3 is 2.11 bits per heavy atom. The molecule has 0 atom stereocenters. The zero-order chi connectivity index (χ0) is 13.1. The Morgan fingerprint density at radius 1 is 1.00 bits per heavy atom. The van der Waals surface area contributed by atoms with Crippen molar-refractivity contribution in [2.24, 2.45) is 0 Å². The third-order valence-electron chi connectivity index (χ3n) is 4.26. The summed E-state index contributed by atoms with van der Waals surface area (Å²) in [6.07, 6.45) is 8.69. The quantitative estimate of drug-likeness (QED) is 0.617. The van der Waals surface area contributed by atoms with E-state index in [4.69, 9.17) is 9.47 Å². The number of rotatable bonds is 4. The molecule has 2 aliphatic heterocycles. The summed E-state index contributed by atoms with van der Waals surface area (Å²) in [5, 5.41) is 1.91. The van der Waals surface area contributed by atoms with Crippen LogP contribution < -0.4 is 4.74 Å². The minimum absolute atomic E-state index is 0.330. The van der Waals surface area contributed by atoms with Gasteiger partial charge in [-0.3, -0.25) is 0 Å². The van der Waals surface area contributed by atoms with Crippen LogP contribution in [0.3, 0.4) is 0 Å². The van der Waals surface area contributed by atoms with E-state index in [1.54, 1.807) is 12.0 Å². The van der Waals surface area contributed by atoms with E-state index < -0.39 is 0 Å². The molecule has 19 heavy (non-hydrogen) atoms. The maximum atomic E-state index is 5.47. The van der Waals surface area contributed by atoms with Crippen LogP contribution in [-0.4, -0.2) is 24.4 Å². The number of hydrogen-bond donors (Lipinski definition) is 0. The van der Waals surface area contributed by atoms with E-state index in [0.717, 1.165) is 16.2 Å². The van der Waals surface area contributed by atoms with Gasteiger partial charge in [-0.1, -0.05) is 0 Å². The van der Waals surface area contributed by atoms with E-state index in [0.29, 0.717) is 17.7 Å². The first kappa shape index (κ1) is 13.3. The molecule has 2 heterocycles. The van der Waals surface area contributed by atoms with Gasteiger partial charge in [0.2, 0.25) is 0 Å². The highest BCUT2D eigenvalue weighted by molar-refractivity contribution is 7.98. The molecule has 0 unspecified atom stereocenters. The fourth-order valence-corrected chi connectivity index (χ4v) is 6.87. The van der Waals surface area contributed by atoms with Gasteiger partial charge in [0.05, 0.1) is 0 Å². The Balaban J connectivity index is 1.74. The second kappa shape index (κ2) is 6.19. The highest BCUT2D eigenvalue weighted by atomic mass is 32.2. The molecule has 0 spiro atoms. The zero-order valence-electron chi connectivity index (χ0n) is 11.6. The summed E-state index contributed by atoms with van der Waals surface area (Å²) in [6, 6.07) is 8.77. The fraction of sp³-hybridized carbons (Fsp3) is 0.625. The average molecular weight is 279 g/mol. The zero-order valence-corrected chi connectivity index (χ0v) is 12.5. The van der Waals surface area contributed by atoms with Crippen molar-refractivity contribution >= 4 is 10.9 Å². The van der Waals surface area contributed by atoms with Crippen molar-refractivity contribution in [1.82, 2.24) is 0 Å². The molecule has 2 nitrogen and oxygen atoms in total. The first-order valence-corrected chi connectivity index (χ1v) is 8.67. The number of methoxy groups -OCH3 is 1. The molecule has 2 aliphatic rings. The summed E-state index contributed by atoms with van der Waals surface area (Å²) in [4.78, 5) is 1.55. The molecule has 0 N–H and O–H groups in total. The van der Waals surface area contributed by atoms with Gasteiger partial charge in [0, 0.05) is 18.0 Å². The minimum Gasteiger partial charge on any atom is -0.468 e. The van der Waals surface area contributed by atoms with Crippen molar-refractivity contribution < 1.29 is 9.47 Å². The molecule has 0 radical (unpaired) electrons. The maximum Gasteiger partial charge on any atom is 0.188 e. The molecular weight excluding hydrogens is 256 g/mol. The maximum absolute atomic E-state index is 5.47.